The number of amides is 3. The minimum atomic E-state index is -0.350. The van der Waals surface area contributed by atoms with Gasteiger partial charge in [-0.25, -0.2) is 4.79 Å². The Kier molecular flexibility index (Phi) is 9.29. The molecule has 5 rings (SSSR count). The van der Waals surface area contributed by atoms with Crippen LogP contribution in [0.1, 0.15) is 54.7 Å². The van der Waals surface area contributed by atoms with Crippen LogP contribution in [-0.2, 0) is 16.0 Å². The molecule has 40 heavy (non-hydrogen) atoms. The first kappa shape index (κ1) is 28.5. The Labute approximate surface area is 245 Å². The van der Waals surface area contributed by atoms with Gasteiger partial charge in [-0.3, -0.25) is 4.79 Å². The predicted molar refractivity (Wildman–Crippen MR) is 160 cm³/mol. The van der Waals surface area contributed by atoms with Gasteiger partial charge in [-0.1, -0.05) is 43.6 Å². The van der Waals surface area contributed by atoms with Crippen LogP contribution in [0.2, 0.25) is 5.02 Å². The number of carbonyl (C=O) groups is 2. The van der Waals surface area contributed by atoms with Crippen LogP contribution < -0.4 is 10.1 Å². The van der Waals surface area contributed by atoms with Gasteiger partial charge in [0, 0.05) is 35.3 Å². The number of halogens is 1. The Morgan fingerprint density at radius 1 is 1.20 bits per heavy atom. The van der Waals surface area contributed by atoms with Crippen molar-refractivity contribution in [3.8, 4) is 5.75 Å². The fourth-order valence-electron chi connectivity index (χ4n) is 5.27. The summed E-state index contributed by atoms with van der Waals surface area (Å²) in [4.78, 5) is 31.9. The average molecular weight is 582 g/mol. The summed E-state index contributed by atoms with van der Waals surface area (Å²) in [6.07, 6.45) is 2.52. The summed E-state index contributed by atoms with van der Waals surface area (Å²) in [7, 11) is 0. The Morgan fingerprint density at radius 3 is 2.75 bits per heavy atom. The number of thiophene rings is 1. The Morgan fingerprint density at radius 2 is 2.02 bits per heavy atom. The first-order valence-corrected chi connectivity index (χ1v) is 15.1. The molecule has 3 heterocycles. The lowest BCUT2D eigenvalue weighted by molar-refractivity contribution is -0.135. The number of anilines is 1. The van der Waals surface area contributed by atoms with Crippen molar-refractivity contribution in [3.05, 3.63) is 81.0 Å². The van der Waals surface area contributed by atoms with E-state index in [9.17, 15) is 9.59 Å². The molecule has 0 bridgehead atoms. The molecule has 2 unspecified atom stereocenters. The number of nitrogens with zero attached hydrogens (tertiary/aromatic N) is 2. The van der Waals surface area contributed by atoms with Gasteiger partial charge in [0.25, 0.3) is 0 Å². The molecule has 3 aromatic rings. The first-order chi connectivity index (χ1) is 19.4. The normalized spacial score (nSPS) is 18.4. The quantitative estimate of drug-likeness (QED) is 0.304. The largest absolute Gasteiger partial charge is 0.491 e. The van der Waals surface area contributed by atoms with E-state index in [2.05, 4.69) is 42.7 Å². The highest BCUT2D eigenvalue weighted by atomic mass is 35.5. The third-order valence-corrected chi connectivity index (χ3v) is 8.74. The van der Waals surface area contributed by atoms with Gasteiger partial charge in [0.1, 0.15) is 18.9 Å². The maximum Gasteiger partial charge on any atom is 0.322 e. The first-order valence-electron chi connectivity index (χ1n) is 13.9. The Hall–Kier alpha value is -3.07. The summed E-state index contributed by atoms with van der Waals surface area (Å²) in [6, 6.07) is 16.7. The van der Waals surface area contributed by atoms with Crippen molar-refractivity contribution in [3.63, 3.8) is 0 Å². The molecule has 0 radical (unpaired) electrons. The van der Waals surface area contributed by atoms with Crippen molar-refractivity contribution in [2.45, 2.75) is 51.2 Å². The van der Waals surface area contributed by atoms with Crippen LogP contribution in [-0.4, -0.2) is 60.7 Å². The summed E-state index contributed by atoms with van der Waals surface area (Å²) in [5.74, 6) is 1.11. The number of rotatable bonds is 9. The number of urea groups is 1. The summed E-state index contributed by atoms with van der Waals surface area (Å²) >= 11 is 7.83. The SMILES string of the molecule is CC(C)c1ccc(OCC2c3ccsc3CCN2C(=O)CN(CC2CCCO2)C(=O)Nc2cccc(Cl)c2)cc1. The molecule has 2 aliphatic rings. The molecular formula is C31H36ClN3O4S. The lowest BCUT2D eigenvalue weighted by Gasteiger charge is -2.37. The van der Waals surface area contributed by atoms with E-state index >= 15 is 0 Å². The number of benzene rings is 2. The highest BCUT2D eigenvalue weighted by Gasteiger charge is 2.34. The molecule has 3 amide bonds. The number of fused-ring (bicyclic) bond motifs is 1. The third-order valence-electron chi connectivity index (χ3n) is 7.51. The van der Waals surface area contributed by atoms with Crippen LogP contribution in [0.3, 0.4) is 0 Å². The van der Waals surface area contributed by atoms with E-state index in [-0.39, 0.29) is 30.6 Å². The van der Waals surface area contributed by atoms with Crippen molar-refractivity contribution < 1.29 is 19.1 Å². The smallest absolute Gasteiger partial charge is 0.322 e. The summed E-state index contributed by atoms with van der Waals surface area (Å²) < 4.78 is 12.0. The number of nitrogens with one attached hydrogen (secondary N) is 1. The van der Waals surface area contributed by atoms with Crippen LogP contribution in [0, 0.1) is 0 Å². The van der Waals surface area contributed by atoms with Crippen molar-refractivity contribution in [1.29, 1.82) is 0 Å². The minimum Gasteiger partial charge on any atom is -0.491 e. The third kappa shape index (κ3) is 6.97. The van der Waals surface area contributed by atoms with Gasteiger partial charge in [-0.05, 0) is 78.1 Å². The van der Waals surface area contributed by atoms with Gasteiger partial charge in [-0.15, -0.1) is 11.3 Å². The second-order valence-electron chi connectivity index (χ2n) is 10.6. The number of ether oxygens (including phenoxy) is 2. The maximum absolute atomic E-state index is 13.9. The maximum atomic E-state index is 13.9. The lowest BCUT2D eigenvalue weighted by Crippen LogP contribution is -2.50. The molecule has 212 valence electrons. The zero-order chi connectivity index (χ0) is 28.1. The average Bonchev–Trinajstić information content (AvgIpc) is 3.64. The van der Waals surface area contributed by atoms with E-state index in [0.717, 1.165) is 30.6 Å². The molecule has 0 spiro atoms. The Bertz CT molecular complexity index is 1310. The zero-order valence-electron chi connectivity index (χ0n) is 23.0. The van der Waals surface area contributed by atoms with Crippen LogP contribution in [0.4, 0.5) is 10.5 Å². The predicted octanol–water partition coefficient (Wildman–Crippen LogP) is 6.74. The van der Waals surface area contributed by atoms with E-state index in [1.54, 1.807) is 40.5 Å². The summed E-state index contributed by atoms with van der Waals surface area (Å²) in [6.45, 7) is 6.22. The van der Waals surface area contributed by atoms with Crippen LogP contribution in [0.5, 0.6) is 5.75 Å². The highest BCUT2D eigenvalue weighted by Crippen LogP contribution is 2.34. The van der Waals surface area contributed by atoms with Crippen LogP contribution in [0.25, 0.3) is 0 Å². The molecule has 2 atom stereocenters. The molecule has 7 nitrogen and oxygen atoms in total. The molecule has 2 aromatic carbocycles. The van der Waals surface area contributed by atoms with Crippen molar-refractivity contribution in [2.75, 3.05) is 38.2 Å². The fraction of sp³-hybridized carbons (Fsp3) is 0.419. The molecule has 0 aliphatic carbocycles. The summed E-state index contributed by atoms with van der Waals surface area (Å²) in [5, 5.41) is 5.50. The van der Waals surface area contributed by atoms with E-state index < -0.39 is 0 Å². The van der Waals surface area contributed by atoms with Gasteiger partial charge in [0.05, 0.1) is 12.1 Å². The van der Waals surface area contributed by atoms with Crippen molar-refractivity contribution in [1.82, 2.24) is 9.80 Å². The molecule has 1 fully saturated rings. The molecule has 1 saturated heterocycles. The van der Waals surface area contributed by atoms with E-state index in [4.69, 9.17) is 21.1 Å². The van der Waals surface area contributed by atoms with Crippen molar-refractivity contribution in [2.24, 2.45) is 0 Å². The lowest BCUT2D eigenvalue weighted by atomic mass is 10.00. The van der Waals surface area contributed by atoms with Gasteiger partial charge < -0.3 is 24.6 Å². The molecule has 9 heteroatoms. The fourth-order valence-corrected chi connectivity index (χ4v) is 6.39. The van der Waals surface area contributed by atoms with Crippen LogP contribution in [0.15, 0.2) is 60.0 Å². The van der Waals surface area contributed by atoms with E-state index in [1.807, 2.05) is 17.0 Å². The monoisotopic (exact) mass is 581 g/mol. The zero-order valence-corrected chi connectivity index (χ0v) is 24.5. The standard InChI is InChI=1S/C31H36ClN3O4S/c1-21(2)22-8-10-25(11-9-22)39-20-28-27-13-16-40-29(27)12-14-35(28)30(36)19-34(18-26-7-4-15-38-26)31(37)33-24-6-3-5-23(32)17-24/h3,5-6,8-11,13,16-17,21,26,28H,4,7,12,14-15,18-20H2,1-2H3,(H,33,37). The van der Waals surface area contributed by atoms with Gasteiger partial charge in [0.2, 0.25) is 5.91 Å². The Balaban J connectivity index is 1.31. The molecular weight excluding hydrogens is 546 g/mol. The van der Waals surface area contributed by atoms with E-state index in [1.165, 1.54) is 10.4 Å². The second kappa shape index (κ2) is 13.1. The van der Waals surface area contributed by atoms with E-state index in [0.29, 0.717) is 42.9 Å². The molecule has 2 aliphatic heterocycles. The number of carbonyl (C=O) groups excluding carboxylic acids is 2. The second-order valence-corrected chi connectivity index (χ2v) is 12.1. The van der Waals surface area contributed by atoms with Gasteiger partial charge >= 0.3 is 6.03 Å². The summed E-state index contributed by atoms with van der Waals surface area (Å²) in [5.41, 5.74) is 2.96. The molecule has 1 N–H and O–H groups in total. The van der Waals surface area contributed by atoms with Gasteiger partial charge in [-0.2, -0.15) is 0 Å². The number of hydrogen-bond acceptors (Lipinski definition) is 5. The highest BCUT2D eigenvalue weighted by molar-refractivity contribution is 7.10. The number of hydrogen-bond donors (Lipinski definition) is 1. The topological polar surface area (TPSA) is 71.1 Å². The van der Waals surface area contributed by atoms with Crippen LogP contribution >= 0.6 is 22.9 Å². The van der Waals surface area contributed by atoms with Gasteiger partial charge in [0.15, 0.2) is 0 Å². The minimum absolute atomic E-state index is 0.0503. The molecule has 0 saturated carbocycles. The molecule has 1 aromatic heterocycles. The van der Waals surface area contributed by atoms with Crippen molar-refractivity contribution >= 4 is 40.6 Å².